The van der Waals surface area contributed by atoms with Crippen molar-refractivity contribution in [3.8, 4) is 21.7 Å². The van der Waals surface area contributed by atoms with E-state index in [-0.39, 0.29) is 11.5 Å². The highest BCUT2D eigenvalue weighted by Crippen LogP contribution is 2.30. The Labute approximate surface area is 210 Å². The molecule has 0 saturated heterocycles. The van der Waals surface area contributed by atoms with Crippen LogP contribution in [0.3, 0.4) is 0 Å². The summed E-state index contributed by atoms with van der Waals surface area (Å²) in [6.07, 6.45) is 1.78. The normalized spacial score (nSPS) is 10.8. The van der Waals surface area contributed by atoms with Crippen LogP contribution in [0.15, 0.2) is 90.4 Å². The van der Waals surface area contributed by atoms with Gasteiger partial charge in [0.05, 0.1) is 29.7 Å². The third-order valence-electron chi connectivity index (χ3n) is 5.61. The van der Waals surface area contributed by atoms with E-state index in [0.29, 0.717) is 29.2 Å². The minimum absolute atomic E-state index is 0.230. The number of carboxylic acids is 1. The van der Waals surface area contributed by atoms with Crippen molar-refractivity contribution >= 4 is 34.6 Å². The molecule has 5 rings (SSSR count). The van der Waals surface area contributed by atoms with Gasteiger partial charge in [0.25, 0.3) is 5.91 Å². The number of nitrogens with two attached hydrogens (primary N) is 1. The summed E-state index contributed by atoms with van der Waals surface area (Å²) in [6, 6.07) is 23.3. The molecule has 9 heteroatoms. The number of thiophene rings is 1. The molecule has 0 atom stereocenters. The number of carboxylic acid groups (broad SMARTS) is 1. The van der Waals surface area contributed by atoms with Gasteiger partial charge in [-0.05, 0) is 59.0 Å². The molecule has 0 aliphatic carbocycles. The molecule has 0 unspecified atom stereocenters. The Bertz CT molecular complexity index is 1540. The van der Waals surface area contributed by atoms with Gasteiger partial charge in [0, 0.05) is 16.0 Å². The van der Waals surface area contributed by atoms with E-state index in [1.165, 1.54) is 0 Å². The number of rotatable bonds is 7. The molecular weight excluding hydrogens is 474 g/mol. The molecule has 1 amide bonds. The summed E-state index contributed by atoms with van der Waals surface area (Å²) in [4.78, 5) is 25.1. The van der Waals surface area contributed by atoms with Crippen molar-refractivity contribution in [1.29, 1.82) is 0 Å². The Morgan fingerprint density at radius 3 is 2.53 bits per heavy atom. The number of anilines is 2. The van der Waals surface area contributed by atoms with Gasteiger partial charge in [-0.2, -0.15) is 0 Å². The first-order valence-electron chi connectivity index (χ1n) is 11.0. The van der Waals surface area contributed by atoms with Gasteiger partial charge in [0.1, 0.15) is 5.69 Å². The van der Waals surface area contributed by atoms with Gasteiger partial charge in [-0.1, -0.05) is 41.6 Å². The zero-order valence-corrected chi connectivity index (χ0v) is 19.8. The van der Waals surface area contributed by atoms with Crippen molar-refractivity contribution in [2.45, 2.75) is 6.54 Å². The molecule has 0 bridgehead atoms. The number of benzene rings is 3. The zero-order valence-electron chi connectivity index (χ0n) is 19.0. The third-order valence-corrected chi connectivity index (χ3v) is 6.53. The topological polar surface area (TPSA) is 123 Å². The average molecular weight is 496 g/mol. The van der Waals surface area contributed by atoms with Crippen LogP contribution in [0, 0.1) is 0 Å². The Balaban J connectivity index is 1.31. The molecule has 0 saturated carbocycles. The first kappa shape index (κ1) is 23.0. The van der Waals surface area contributed by atoms with Gasteiger partial charge in [0.2, 0.25) is 0 Å². The van der Waals surface area contributed by atoms with Crippen molar-refractivity contribution in [3.63, 3.8) is 0 Å². The molecule has 0 aliphatic heterocycles. The number of amides is 1. The van der Waals surface area contributed by atoms with Gasteiger partial charge in [0.15, 0.2) is 0 Å². The molecule has 3 aromatic carbocycles. The van der Waals surface area contributed by atoms with Crippen LogP contribution >= 0.6 is 11.3 Å². The molecule has 0 aliphatic rings. The first-order valence-corrected chi connectivity index (χ1v) is 11.9. The zero-order chi connectivity index (χ0) is 25.1. The van der Waals surface area contributed by atoms with E-state index in [9.17, 15) is 9.59 Å². The second-order valence-corrected chi connectivity index (χ2v) is 9.07. The lowest BCUT2D eigenvalue weighted by atomic mass is 10.1. The second-order valence-electron chi connectivity index (χ2n) is 8.12. The quantitative estimate of drug-likeness (QED) is 0.265. The van der Waals surface area contributed by atoms with E-state index in [0.717, 1.165) is 21.6 Å². The van der Waals surface area contributed by atoms with E-state index >= 15 is 0 Å². The lowest BCUT2D eigenvalue weighted by Crippen LogP contribution is -2.13. The maximum atomic E-state index is 13.0. The summed E-state index contributed by atoms with van der Waals surface area (Å²) in [7, 11) is 0. The summed E-state index contributed by atoms with van der Waals surface area (Å²) < 4.78 is 1.66. The largest absolute Gasteiger partial charge is 0.478 e. The molecule has 0 radical (unpaired) electrons. The lowest BCUT2D eigenvalue weighted by molar-refractivity contribution is 0.0696. The van der Waals surface area contributed by atoms with Crippen molar-refractivity contribution in [2.24, 2.45) is 0 Å². The van der Waals surface area contributed by atoms with Crippen LogP contribution in [0.2, 0.25) is 0 Å². The highest BCUT2D eigenvalue weighted by atomic mass is 32.1. The SMILES string of the molecule is Nc1ccc(-c2cccs2)cc1NC(=O)c1cccc(-c2cn(Cc3ccc(C(=O)O)cc3)nn2)c1. The summed E-state index contributed by atoms with van der Waals surface area (Å²) in [6.45, 7) is 0.437. The first-order chi connectivity index (χ1) is 17.5. The monoisotopic (exact) mass is 495 g/mol. The Morgan fingerprint density at radius 2 is 1.78 bits per heavy atom. The molecule has 2 heterocycles. The van der Waals surface area contributed by atoms with Crippen molar-refractivity contribution in [2.75, 3.05) is 11.1 Å². The summed E-state index contributed by atoms with van der Waals surface area (Å²) in [5, 5.41) is 22.4. The summed E-state index contributed by atoms with van der Waals surface area (Å²) in [5.41, 5.74) is 11.1. The predicted octanol–water partition coefficient (Wildman–Crippen LogP) is 5.25. The second kappa shape index (κ2) is 9.85. The third kappa shape index (κ3) is 5.01. The molecule has 0 fully saturated rings. The van der Waals surface area contributed by atoms with Crippen LogP contribution in [0.1, 0.15) is 26.3 Å². The smallest absolute Gasteiger partial charge is 0.335 e. The van der Waals surface area contributed by atoms with Gasteiger partial charge in [-0.25, -0.2) is 9.48 Å². The summed E-state index contributed by atoms with van der Waals surface area (Å²) >= 11 is 1.62. The van der Waals surface area contributed by atoms with Crippen LogP contribution < -0.4 is 11.1 Å². The molecule has 0 spiro atoms. The highest BCUT2D eigenvalue weighted by molar-refractivity contribution is 7.13. The lowest BCUT2D eigenvalue weighted by Gasteiger charge is -2.10. The van der Waals surface area contributed by atoms with Crippen molar-refractivity contribution in [3.05, 3.63) is 107 Å². The highest BCUT2D eigenvalue weighted by Gasteiger charge is 2.13. The Hall–Kier alpha value is -4.76. The number of aromatic nitrogens is 3. The summed E-state index contributed by atoms with van der Waals surface area (Å²) in [5.74, 6) is -1.25. The van der Waals surface area contributed by atoms with E-state index in [2.05, 4.69) is 15.6 Å². The maximum Gasteiger partial charge on any atom is 0.335 e. The number of nitrogens with zero attached hydrogens (tertiary/aromatic N) is 3. The number of aromatic carboxylic acids is 1. The van der Waals surface area contributed by atoms with Gasteiger partial charge in [-0.15, -0.1) is 16.4 Å². The fraction of sp³-hybridized carbons (Fsp3) is 0.0370. The standard InChI is InChI=1S/C27H21N5O3S/c28-22-11-10-20(25-5-2-12-36-25)14-23(22)29-26(33)21-4-1-3-19(13-21)24-16-32(31-30-24)15-17-6-8-18(9-7-17)27(34)35/h1-14,16H,15,28H2,(H,29,33)(H,34,35). The van der Waals surface area contributed by atoms with E-state index in [4.69, 9.17) is 10.8 Å². The Morgan fingerprint density at radius 1 is 0.944 bits per heavy atom. The number of hydrogen-bond acceptors (Lipinski definition) is 6. The minimum atomic E-state index is -0.966. The number of carbonyl (C=O) groups is 2. The van der Waals surface area contributed by atoms with Crippen LogP contribution in [0.5, 0.6) is 0 Å². The molecule has 4 N–H and O–H groups in total. The van der Waals surface area contributed by atoms with E-state index in [1.54, 1.807) is 70.7 Å². The number of nitrogens with one attached hydrogen (secondary N) is 1. The fourth-order valence-electron chi connectivity index (χ4n) is 3.72. The molecule has 178 valence electrons. The predicted molar refractivity (Wildman–Crippen MR) is 140 cm³/mol. The molecular formula is C27H21N5O3S. The van der Waals surface area contributed by atoms with E-state index < -0.39 is 5.97 Å². The van der Waals surface area contributed by atoms with Crippen LogP contribution in [0.4, 0.5) is 11.4 Å². The number of carbonyl (C=O) groups excluding carboxylic acids is 1. The van der Waals surface area contributed by atoms with Crippen molar-refractivity contribution in [1.82, 2.24) is 15.0 Å². The maximum absolute atomic E-state index is 13.0. The van der Waals surface area contributed by atoms with Gasteiger partial charge >= 0.3 is 5.97 Å². The van der Waals surface area contributed by atoms with Crippen LogP contribution in [-0.2, 0) is 6.54 Å². The average Bonchev–Trinajstić information content (AvgIpc) is 3.59. The molecule has 8 nitrogen and oxygen atoms in total. The number of nitrogen functional groups attached to an aromatic ring is 1. The fourth-order valence-corrected chi connectivity index (χ4v) is 4.45. The van der Waals surface area contributed by atoms with Crippen LogP contribution in [0.25, 0.3) is 21.7 Å². The van der Waals surface area contributed by atoms with Crippen LogP contribution in [-0.4, -0.2) is 32.0 Å². The van der Waals surface area contributed by atoms with Gasteiger partial charge < -0.3 is 16.2 Å². The van der Waals surface area contributed by atoms with E-state index in [1.807, 2.05) is 35.7 Å². The molecule has 36 heavy (non-hydrogen) atoms. The van der Waals surface area contributed by atoms with Crippen molar-refractivity contribution < 1.29 is 14.7 Å². The number of hydrogen-bond donors (Lipinski definition) is 3. The molecule has 5 aromatic rings. The van der Waals surface area contributed by atoms with Gasteiger partial charge in [-0.3, -0.25) is 4.79 Å². The Kier molecular flexibility index (Phi) is 6.29. The minimum Gasteiger partial charge on any atom is -0.478 e. The molecule has 2 aromatic heterocycles.